The molecule has 1 aromatic rings. The van der Waals surface area contributed by atoms with Crippen LogP contribution < -0.4 is 0 Å². The number of Topliss-reactive ketones (excluding diaryl/α,β-unsaturated/α-hetero) is 1. The van der Waals surface area contributed by atoms with Crippen LogP contribution >= 0.6 is 0 Å². The van der Waals surface area contributed by atoms with Crippen LogP contribution in [0.25, 0.3) is 0 Å². The number of ketones is 1. The Morgan fingerprint density at radius 1 is 0.955 bits per heavy atom. The average molecular weight is 288 g/mol. The number of carbonyl (C=O) groups is 1. The molecule has 2 atom stereocenters. The zero-order chi connectivity index (χ0) is 16.4. The van der Waals surface area contributed by atoms with E-state index in [-0.39, 0.29) is 12.2 Å². The Bertz CT molecular complexity index is 742. The Kier molecular flexibility index (Phi) is 3.69. The van der Waals surface area contributed by atoms with Crippen molar-refractivity contribution in [3.05, 3.63) is 35.9 Å². The van der Waals surface area contributed by atoms with Gasteiger partial charge in [-0.05, 0) is 5.56 Å². The summed E-state index contributed by atoms with van der Waals surface area (Å²) in [5.41, 5.74) is -3.25. The largest absolute Gasteiger partial charge is 0.299 e. The van der Waals surface area contributed by atoms with Crippen LogP contribution in [0, 0.1) is 62.1 Å². The molecule has 0 saturated heterocycles. The number of carbonyl (C=O) groups excluding carboxylic acids is 1. The van der Waals surface area contributed by atoms with Crippen molar-refractivity contribution in [1.29, 1.82) is 21.0 Å². The summed E-state index contributed by atoms with van der Waals surface area (Å²) in [7, 11) is 0. The molecule has 0 spiro atoms. The van der Waals surface area contributed by atoms with Gasteiger partial charge < -0.3 is 0 Å². The fraction of sp³-hybridized carbons (Fsp3) is 0.353. The third kappa shape index (κ3) is 1.70. The molecule has 1 aliphatic rings. The molecule has 0 amide bonds. The van der Waals surface area contributed by atoms with E-state index in [2.05, 4.69) is 0 Å². The Hall–Kier alpha value is -3.15. The van der Waals surface area contributed by atoms with E-state index in [9.17, 15) is 25.8 Å². The fourth-order valence-corrected chi connectivity index (χ4v) is 3.19. The van der Waals surface area contributed by atoms with E-state index < -0.39 is 22.7 Å². The van der Waals surface area contributed by atoms with Gasteiger partial charge in [-0.25, -0.2) is 0 Å². The molecular weight excluding hydrogens is 276 g/mol. The Morgan fingerprint density at radius 2 is 1.45 bits per heavy atom. The minimum Gasteiger partial charge on any atom is -0.299 e. The van der Waals surface area contributed by atoms with E-state index in [1.807, 2.05) is 24.3 Å². The van der Waals surface area contributed by atoms with Gasteiger partial charge in [-0.2, -0.15) is 21.0 Å². The monoisotopic (exact) mass is 288 g/mol. The Morgan fingerprint density at radius 3 is 1.91 bits per heavy atom. The lowest BCUT2D eigenvalue weighted by atomic mass is 9.48. The molecular formula is C17H12N4O. The molecule has 5 heteroatoms. The second-order valence-electron chi connectivity index (χ2n) is 5.42. The molecule has 1 aromatic carbocycles. The van der Waals surface area contributed by atoms with Crippen LogP contribution in [-0.4, -0.2) is 5.78 Å². The molecule has 5 nitrogen and oxygen atoms in total. The molecule has 0 aliphatic heterocycles. The van der Waals surface area contributed by atoms with Gasteiger partial charge in [-0.3, -0.25) is 4.79 Å². The molecule has 0 heterocycles. The van der Waals surface area contributed by atoms with Crippen molar-refractivity contribution < 1.29 is 4.79 Å². The predicted molar refractivity (Wildman–Crippen MR) is 75.3 cm³/mol. The molecule has 0 N–H and O–H groups in total. The average Bonchev–Trinajstić information content (AvgIpc) is 2.58. The zero-order valence-electron chi connectivity index (χ0n) is 11.9. The maximum absolute atomic E-state index is 12.3. The summed E-state index contributed by atoms with van der Waals surface area (Å²) in [6.07, 6.45) is -0.0303. The normalized spacial score (nSPS) is 25.0. The summed E-state index contributed by atoms with van der Waals surface area (Å²) >= 11 is 0. The summed E-state index contributed by atoms with van der Waals surface area (Å²) in [5, 5.41) is 38.5. The third-order valence-electron chi connectivity index (χ3n) is 4.59. The van der Waals surface area contributed by atoms with Crippen molar-refractivity contribution in [2.75, 3.05) is 0 Å². The van der Waals surface area contributed by atoms with Gasteiger partial charge in [0.1, 0.15) is 5.78 Å². The molecule has 0 radical (unpaired) electrons. The first-order chi connectivity index (χ1) is 10.5. The zero-order valence-corrected chi connectivity index (χ0v) is 11.9. The van der Waals surface area contributed by atoms with Crippen LogP contribution in [0.1, 0.15) is 24.8 Å². The number of hydrogen-bond donors (Lipinski definition) is 0. The van der Waals surface area contributed by atoms with E-state index in [1.54, 1.807) is 30.3 Å². The summed E-state index contributed by atoms with van der Waals surface area (Å²) in [5.74, 6) is -2.06. The van der Waals surface area contributed by atoms with Crippen molar-refractivity contribution in [2.45, 2.75) is 19.3 Å². The van der Waals surface area contributed by atoms with Gasteiger partial charge in [0.15, 0.2) is 10.8 Å². The quantitative estimate of drug-likeness (QED) is 0.787. The maximum Gasteiger partial charge on any atom is 0.185 e. The lowest BCUT2D eigenvalue weighted by molar-refractivity contribution is -0.130. The maximum atomic E-state index is 12.3. The molecule has 1 aliphatic carbocycles. The lowest BCUT2D eigenvalue weighted by Gasteiger charge is -2.44. The van der Waals surface area contributed by atoms with Gasteiger partial charge in [-0.1, -0.05) is 37.3 Å². The highest BCUT2D eigenvalue weighted by Gasteiger charge is 2.66. The van der Waals surface area contributed by atoms with Gasteiger partial charge in [0.2, 0.25) is 0 Å². The molecule has 0 unspecified atom stereocenters. The van der Waals surface area contributed by atoms with E-state index in [4.69, 9.17) is 0 Å². The molecule has 22 heavy (non-hydrogen) atoms. The minimum atomic E-state index is -1.98. The highest BCUT2D eigenvalue weighted by Crippen LogP contribution is 2.57. The fourth-order valence-electron chi connectivity index (χ4n) is 3.19. The number of nitriles is 4. The van der Waals surface area contributed by atoms with Crippen LogP contribution in [-0.2, 0) is 4.79 Å². The molecule has 1 saturated carbocycles. The lowest BCUT2D eigenvalue weighted by Crippen LogP contribution is -2.53. The topological polar surface area (TPSA) is 112 Å². The highest BCUT2D eigenvalue weighted by molar-refractivity contribution is 5.86. The first kappa shape index (κ1) is 15.2. The Labute approximate surface area is 128 Å². The smallest absolute Gasteiger partial charge is 0.185 e. The summed E-state index contributed by atoms with van der Waals surface area (Å²) in [4.78, 5) is 12.3. The minimum absolute atomic E-state index is 0.0303. The second-order valence-corrected chi connectivity index (χ2v) is 5.42. The van der Waals surface area contributed by atoms with Crippen LogP contribution in [0.4, 0.5) is 0 Å². The summed E-state index contributed by atoms with van der Waals surface area (Å²) in [6, 6.07) is 16.1. The van der Waals surface area contributed by atoms with Crippen molar-refractivity contribution in [2.24, 2.45) is 16.7 Å². The third-order valence-corrected chi connectivity index (χ3v) is 4.59. The van der Waals surface area contributed by atoms with E-state index >= 15 is 0 Å². The number of hydrogen-bond acceptors (Lipinski definition) is 5. The van der Waals surface area contributed by atoms with Gasteiger partial charge in [0, 0.05) is 18.3 Å². The molecule has 0 bridgehead atoms. The van der Waals surface area contributed by atoms with E-state index in [0.29, 0.717) is 5.56 Å². The predicted octanol–water partition coefficient (Wildman–Crippen LogP) is 2.45. The van der Waals surface area contributed by atoms with Gasteiger partial charge in [0.25, 0.3) is 0 Å². The van der Waals surface area contributed by atoms with E-state index in [0.717, 1.165) is 0 Å². The first-order valence-corrected chi connectivity index (χ1v) is 6.75. The van der Waals surface area contributed by atoms with Crippen LogP contribution in [0.2, 0.25) is 0 Å². The highest BCUT2D eigenvalue weighted by atomic mass is 16.1. The summed E-state index contributed by atoms with van der Waals surface area (Å²) in [6.45, 7) is 1.44. The number of benzene rings is 1. The van der Waals surface area contributed by atoms with E-state index in [1.165, 1.54) is 6.92 Å². The van der Waals surface area contributed by atoms with Crippen LogP contribution in [0.3, 0.4) is 0 Å². The Balaban J connectivity index is 2.80. The van der Waals surface area contributed by atoms with Crippen molar-refractivity contribution in [3.8, 4) is 24.3 Å². The summed E-state index contributed by atoms with van der Waals surface area (Å²) < 4.78 is 0. The van der Waals surface area contributed by atoms with Crippen molar-refractivity contribution >= 4 is 5.78 Å². The van der Waals surface area contributed by atoms with Gasteiger partial charge in [-0.15, -0.1) is 0 Å². The van der Waals surface area contributed by atoms with Crippen molar-refractivity contribution in [3.63, 3.8) is 0 Å². The standard InChI is InChI=1S/C17H12N4O/c1-12-15(22)7-14(13-5-3-2-4-6-13)17(10-20,11-21)16(12,8-18)9-19/h2-6,12,14H,7H2,1H3/t12-,14-/m0/s1. The SMILES string of the molecule is C[C@H]1C(=O)C[C@@H](c2ccccc2)C(C#N)(C#N)C1(C#N)C#N. The van der Waals surface area contributed by atoms with Gasteiger partial charge in [0.05, 0.1) is 24.3 Å². The van der Waals surface area contributed by atoms with Crippen molar-refractivity contribution in [1.82, 2.24) is 0 Å². The molecule has 1 fully saturated rings. The number of nitrogens with zero attached hydrogens (tertiary/aromatic N) is 4. The first-order valence-electron chi connectivity index (χ1n) is 6.75. The van der Waals surface area contributed by atoms with Gasteiger partial charge >= 0.3 is 0 Å². The molecule has 106 valence electrons. The second kappa shape index (κ2) is 5.33. The molecule has 0 aromatic heterocycles. The molecule has 2 rings (SSSR count). The van der Waals surface area contributed by atoms with Crippen LogP contribution in [0.15, 0.2) is 30.3 Å². The number of rotatable bonds is 1. The van der Waals surface area contributed by atoms with Crippen LogP contribution in [0.5, 0.6) is 0 Å².